The summed E-state index contributed by atoms with van der Waals surface area (Å²) in [6, 6.07) is 14.2. The molecule has 0 bridgehead atoms. The highest BCUT2D eigenvalue weighted by Gasteiger charge is 2.35. The van der Waals surface area contributed by atoms with Gasteiger partial charge < -0.3 is 24.8 Å². The summed E-state index contributed by atoms with van der Waals surface area (Å²) in [7, 11) is 1.79. The van der Waals surface area contributed by atoms with Gasteiger partial charge in [-0.3, -0.25) is 4.99 Å². The Morgan fingerprint density at radius 1 is 1.07 bits per heavy atom. The number of halogens is 1. The van der Waals surface area contributed by atoms with Crippen molar-refractivity contribution >= 4 is 17.6 Å². The summed E-state index contributed by atoms with van der Waals surface area (Å²) in [5.41, 5.74) is 2.33. The van der Waals surface area contributed by atoms with Gasteiger partial charge in [0.25, 0.3) is 0 Å². The van der Waals surface area contributed by atoms with Gasteiger partial charge in [-0.1, -0.05) is 35.9 Å². The van der Waals surface area contributed by atoms with Crippen molar-refractivity contribution in [3.8, 4) is 11.5 Å². The highest BCUT2D eigenvalue weighted by atomic mass is 35.5. The molecule has 0 aromatic heterocycles. The van der Waals surface area contributed by atoms with Crippen molar-refractivity contribution in [2.75, 3.05) is 40.1 Å². The van der Waals surface area contributed by atoms with E-state index in [1.54, 1.807) is 7.05 Å². The Kier molecular flexibility index (Phi) is 6.65. The lowest BCUT2D eigenvalue weighted by Gasteiger charge is -2.38. The fourth-order valence-corrected chi connectivity index (χ4v) is 4.28. The average Bonchev–Trinajstić information content (AvgIpc) is 3.26. The zero-order valence-electron chi connectivity index (χ0n) is 17.2. The highest BCUT2D eigenvalue weighted by molar-refractivity contribution is 6.31. The molecular weight excluding hydrogens is 402 g/mol. The highest BCUT2D eigenvalue weighted by Crippen LogP contribution is 2.40. The van der Waals surface area contributed by atoms with Crippen molar-refractivity contribution in [2.45, 2.75) is 24.7 Å². The molecule has 2 N–H and O–H groups in total. The molecule has 0 unspecified atom stereocenters. The second-order valence-corrected chi connectivity index (χ2v) is 8.06. The van der Waals surface area contributed by atoms with Crippen LogP contribution in [-0.4, -0.2) is 46.1 Å². The lowest BCUT2D eigenvalue weighted by Crippen LogP contribution is -2.48. The van der Waals surface area contributed by atoms with Crippen LogP contribution in [0.2, 0.25) is 5.02 Å². The quantitative estimate of drug-likeness (QED) is 0.543. The molecule has 6 nitrogen and oxygen atoms in total. The van der Waals surface area contributed by atoms with E-state index in [1.807, 2.05) is 24.3 Å². The van der Waals surface area contributed by atoms with Crippen LogP contribution in [0, 0.1) is 0 Å². The number of hydrogen-bond donors (Lipinski definition) is 2. The average molecular weight is 430 g/mol. The number of aliphatic imine (C=N–C) groups is 1. The minimum Gasteiger partial charge on any atom is -0.454 e. The fraction of sp³-hybridized carbons (Fsp3) is 0.435. The summed E-state index contributed by atoms with van der Waals surface area (Å²) < 4.78 is 16.7. The summed E-state index contributed by atoms with van der Waals surface area (Å²) >= 11 is 6.26. The van der Waals surface area contributed by atoms with Crippen LogP contribution in [0.25, 0.3) is 0 Å². The first-order chi connectivity index (χ1) is 14.7. The number of fused-ring (bicyclic) bond motifs is 1. The number of hydrogen-bond acceptors (Lipinski definition) is 4. The van der Waals surface area contributed by atoms with Gasteiger partial charge in [0.15, 0.2) is 17.5 Å². The minimum absolute atomic E-state index is 0.0421. The molecule has 2 aromatic rings. The van der Waals surface area contributed by atoms with Gasteiger partial charge in [0, 0.05) is 43.8 Å². The molecule has 7 heteroatoms. The summed E-state index contributed by atoms with van der Waals surface area (Å²) in [6.07, 6.45) is 2.72. The van der Waals surface area contributed by atoms with E-state index in [0.29, 0.717) is 0 Å². The number of nitrogens with one attached hydrogen (secondary N) is 2. The zero-order valence-corrected chi connectivity index (χ0v) is 18.0. The van der Waals surface area contributed by atoms with E-state index < -0.39 is 0 Å². The lowest BCUT2D eigenvalue weighted by molar-refractivity contribution is 0.0513. The van der Waals surface area contributed by atoms with E-state index in [1.165, 1.54) is 5.56 Å². The second kappa shape index (κ2) is 9.58. The topological polar surface area (TPSA) is 64.1 Å². The predicted molar refractivity (Wildman–Crippen MR) is 119 cm³/mol. The van der Waals surface area contributed by atoms with E-state index >= 15 is 0 Å². The van der Waals surface area contributed by atoms with Gasteiger partial charge >= 0.3 is 0 Å². The molecule has 30 heavy (non-hydrogen) atoms. The van der Waals surface area contributed by atoms with E-state index in [-0.39, 0.29) is 12.2 Å². The van der Waals surface area contributed by atoms with E-state index in [2.05, 4.69) is 33.8 Å². The van der Waals surface area contributed by atoms with Crippen molar-refractivity contribution in [2.24, 2.45) is 4.99 Å². The molecule has 160 valence electrons. The predicted octanol–water partition coefficient (Wildman–Crippen LogP) is 3.52. The van der Waals surface area contributed by atoms with Gasteiger partial charge in [0.1, 0.15) is 0 Å². The van der Waals surface area contributed by atoms with Crippen LogP contribution in [0.3, 0.4) is 0 Å². The Morgan fingerprint density at radius 3 is 2.67 bits per heavy atom. The van der Waals surface area contributed by atoms with Crippen molar-refractivity contribution in [3.05, 3.63) is 58.6 Å². The van der Waals surface area contributed by atoms with Crippen molar-refractivity contribution in [1.29, 1.82) is 0 Å². The molecular formula is C23H28ClN3O3. The number of rotatable bonds is 6. The maximum absolute atomic E-state index is 6.26. The van der Waals surface area contributed by atoms with Gasteiger partial charge in [-0.2, -0.15) is 0 Å². The van der Waals surface area contributed by atoms with Gasteiger partial charge in [-0.05, 0) is 48.6 Å². The van der Waals surface area contributed by atoms with Crippen molar-refractivity contribution in [1.82, 2.24) is 10.6 Å². The number of benzene rings is 2. The van der Waals surface area contributed by atoms with Crippen molar-refractivity contribution < 1.29 is 14.2 Å². The second-order valence-electron chi connectivity index (χ2n) is 7.65. The Hall–Kier alpha value is -2.44. The normalized spacial score (nSPS) is 17.6. The zero-order chi connectivity index (χ0) is 20.8. The molecule has 2 aliphatic rings. The van der Waals surface area contributed by atoms with E-state index in [0.717, 1.165) is 73.6 Å². The van der Waals surface area contributed by atoms with Crippen LogP contribution in [0.1, 0.15) is 24.0 Å². The van der Waals surface area contributed by atoms with Crippen LogP contribution in [-0.2, 0) is 16.6 Å². The summed E-state index contributed by atoms with van der Waals surface area (Å²) in [4.78, 5) is 4.39. The molecule has 1 saturated heterocycles. The lowest BCUT2D eigenvalue weighted by atomic mass is 9.74. The van der Waals surface area contributed by atoms with Crippen LogP contribution in [0.15, 0.2) is 47.5 Å². The molecule has 2 aromatic carbocycles. The SMILES string of the molecule is CN=C(NCCc1ccccc1Cl)NCC1(c2ccc3c(c2)OCO3)CCOCC1. The third-order valence-corrected chi connectivity index (χ3v) is 6.27. The molecule has 4 rings (SSSR count). The van der Waals surface area contributed by atoms with Gasteiger partial charge in [0.2, 0.25) is 6.79 Å². The molecule has 0 aliphatic carbocycles. The molecule has 0 atom stereocenters. The summed E-state index contributed by atoms with van der Waals surface area (Å²) in [5, 5.41) is 7.72. The maximum atomic E-state index is 6.26. The molecule has 2 aliphatic heterocycles. The monoisotopic (exact) mass is 429 g/mol. The van der Waals surface area contributed by atoms with Crippen LogP contribution >= 0.6 is 11.6 Å². The van der Waals surface area contributed by atoms with Gasteiger partial charge in [-0.25, -0.2) is 0 Å². The third-order valence-electron chi connectivity index (χ3n) is 5.90. The Morgan fingerprint density at radius 2 is 1.87 bits per heavy atom. The molecule has 0 saturated carbocycles. The molecule has 0 radical (unpaired) electrons. The number of nitrogens with zero attached hydrogens (tertiary/aromatic N) is 1. The molecule has 1 fully saturated rings. The summed E-state index contributed by atoms with van der Waals surface area (Å²) in [6.45, 7) is 3.30. The smallest absolute Gasteiger partial charge is 0.231 e. The first-order valence-electron chi connectivity index (χ1n) is 10.4. The first kappa shape index (κ1) is 20.8. The Labute approximate surface area is 182 Å². The largest absolute Gasteiger partial charge is 0.454 e. The summed E-state index contributed by atoms with van der Waals surface area (Å²) in [5.74, 6) is 2.42. The third kappa shape index (κ3) is 4.65. The van der Waals surface area contributed by atoms with Crippen LogP contribution < -0.4 is 20.1 Å². The maximum Gasteiger partial charge on any atom is 0.231 e. The number of ether oxygens (including phenoxy) is 3. The van der Waals surface area contributed by atoms with Crippen LogP contribution in [0.5, 0.6) is 11.5 Å². The van der Waals surface area contributed by atoms with Gasteiger partial charge in [-0.15, -0.1) is 0 Å². The minimum atomic E-state index is -0.0421. The number of guanidine groups is 1. The fourth-order valence-electron chi connectivity index (χ4n) is 4.05. The molecule has 2 heterocycles. The van der Waals surface area contributed by atoms with Crippen LogP contribution in [0.4, 0.5) is 0 Å². The first-order valence-corrected chi connectivity index (χ1v) is 10.7. The molecule has 0 spiro atoms. The van der Waals surface area contributed by atoms with Crippen molar-refractivity contribution in [3.63, 3.8) is 0 Å². The standard InChI is InChI=1S/C23H28ClN3O3/c1-25-22(26-11-8-17-4-2-3-5-19(17)24)27-15-23(9-12-28-13-10-23)18-6-7-20-21(14-18)30-16-29-20/h2-7,14H,8-13,15-16H2,1H3,(H2,25,26,27). The van der Waals surface area contributed by atoms with E-state index in [4.69, 9.17) is 25.8 Å². The van der Waals surface area contributed by atoms with E-state index in [9.17, 15) is 0 Å². The Bertz CT molecular complexity index is 897. The Balaban J connectivity index is 1.40. The molecule has 0 amide bonds. The van der Waals surface area contributed by atoms with Gasteiger partial charge in [0.05, 0.1) is 0 Å².